The first-order chi connectivity index (χ1) is 6.27. The normalized spacial score (nSPS) is 30.1. The minimum absolute atomic E-state index is 0.153. The summed E-state index contributed by atoms with van der Waals surface area (Å²) in [6, 6.07) is 0.641. The molecule has 0 spiro atoms. The zero-order chi connectivity index (χ0) is 9.26. The smallest absolute Gasteiger partial charge is 0.237 e. The van der Waals surface area contributed by atoms with Crippen LogP contribution in [0.2, 0.25) is 0 Å². The Balaban J connectivity index is 1.81. The molecule has 0 aromatic carbocycles. The number of likely N-dealkylation sites (N-methyl/N-ethyl adjacent to an activating group) is 1. The van der Waals surface area contributed by atoms with Crippen molar-refractivity contribution in [2.24, 2.45) is 0 Å². The number of hydrogen-bond acceptors (Lipinski definition) is 2. The maximum atomic E-state index is 11.7. The van der Waals surface area contributed by atoms with E-state index in [4.69, 9.17) is 0 Å². The van der Waals surface area contributed by atoms with Crippen molar-refractivity contribution in [2.75, 3.05) is 13.6 Å². The summed E-state index contributed by atoms with van der Waals surface area (Å²) < 4.78 is 0. The summed E-state index contributed by atoms with van der Waals surface area (Å²) in [5.74, 6) is 0.254. The van der Waals surface area contributed by atoms with Crippen LogP contribution in [0.3, 0.4) is 0 Å². The van der Waals surface area contributed by atoms with E-state index in [0.29, 0.717) is 6.04 Å². The number of carbonyl (C=O) groups is 1. The lowest BCUT2D eigenvalue weighted by Gasteiger charge is -2.29. The van der Waals surface area contributed by atoms with Gasteiger partial charge >= 0.3 is 0 Å². The molecule has 74 valence electrons. The van der Waals surface area contributed by atoms with E-state index in [1.54, 1.807) is 0 Å². The zero-order valence-corrected chi connectivity index (χ0v) is 8.25. The average Bonchev–Trinajstić information content (AvgIpc) is 2.43. The van der Waals surface area contributed by atoms with E-state index in [9.17, 15) is 4.79 Å². The second-order valence-corrected chi connectivity index (χ2v) is 4.28. The van der Waals surface area contributed by atoms with E-state index < -0.39 is 0 Å². The Morgan fingerprint density at radius 1 is 1.31 bits per heavy atom. The SMILES string of the molecule is CN1CCCC1C(=O)NC1CCC1. The molecule has 0 bridgehead atoms. The van der Waals surface area contributed by atoms with Crippen LogP contribution in [0.1, 0.15) is 32.1 Å². The Morgan fingerprint density at radius 3 is 2.54 bits per heavy atom. The van der Waals surface area contributed by atoms with Gasteiger partial charge in [0.05, 0.1) is 6.04 Å². The third-order valence-electron chi connectivity index (χ3n) is 3.27. The van der Waals surface area contributed by atoms with Crippen LogP contribution in [-0.4, -0.2) is 36.5 Å². The van der Waals surface area contributed by atoms with E-state index in [-0.39, 0.29) is 11.9 Å². The fourth-order valence-corrected chi connectivity index (χ4v) is 2.09. The second-order valence-electron chi connectivity index (χ2n) is 4.28. The van der Waals surface area contributed by atoms with Crippen LogP contribution in [-0.2, 0) is 4.79 Å². The predicted molar refractivity (Wildman–Crippen MR) is 51.4 cm³/mol. The first-order valence-corrected chi connectivity index (χ1v) is 5.28. The summed E-state index contributed by atoms with van der Waals surface area (Å²) in [7, 11) is 2.04. The van der Waals surface area contributed by atoms with Gasteiger partial charge in [-0.15, -0.1) is 0 Å². The van der Waals surface area contributed by atoms with Crippen LogP contribution in [0.25, 0.3) is 0 Å². The van der Waals surface area contributed by atoms with Crippen LogP contribution < -0.4 is 5.32 Å². The summed E-state index contributed by atoms with van der Waals surface area (Å²) in [4.78, 5) is 13.9. The van der Waals surface area contributed by atoms with Crippen LogP contribution in [0, 0.1) is 0 Å². The van der Waals surface area contributed by atoms with Crippen LogP contribution in [0.5, 0.6) is 0 Å². The van der Waals surface area contributed by atoms with Crippen molar-refractivity contribution in [2.45, 2.75) is 44.2 Å². The highest BCUT2D eigenvalue weighted by molar-refractivity contribution is 5.82. The molecule has 2 rings (SSSR count). The summed E-state index contributed by atoms with van der Waals surface area (Å²) in [6.07, 6.45) is 5.85. The fourth-order valence-electron chi connectivity index (χ4n) is 2.09. The number of nitrogens with zero attached hydrogens (tertiary/aromatic N) is 1. The van der Waals surface area contributed by atoms with Crippen molar-refractivity contribution in [3.63, 3.8) is 0 Å². The highest BCUT2D eigenvalue weighted by Gasteiger charge is 2.30. The van der Waals surface area contributed by atoms with Gasteiger partial charge in [-0.25, -0.2) is 0 Å². The molecule has 0 aromatic heterocycles. The molecule has 3 nitrogen and oxygen atoms in total. The van der Waals surface area contributed by atoms with Gasteiger partial charge < -0.3 is 5.32 Å². The lowest BCUT2D eigenvalue weighted by molar-refractivity contribution is -0.126. The first kappa shape index (κ1) is 9.00. The number of likely N-dealkylation sites (tertiary alicyclic amines) is 1. The quantitative estimate of drug-likeness (QED) is 0.683. The standard InChI is InChI=1S/C10H18N2O/c1-12-7-3-6-9(12)10(13)11-8-4-2-5-8/h8-9H,2-7H2,1H3,(H,11,13). The van der Waals surface area contributed by atoms with Crippen molar-refractivity contribution in [1.82, 2.24) is 10.2 Å². The molecular formula is C10H18N2O. The van der Waals surface area contributed by atoms with Crippen molar-refractivity contribution in [3.05, 3.63) is 0 Å². The van der Waals surface area contributed by atoms with E-state index in [2.05, 4.69) is 10.2 Å². The van der Waals surface area contributed by atoms with Crippen molar-refractivity contribution < 1.29 is 4.79 Å². The van der Waals surface area contributed by atoms with Crippen LogP contribution in [0.4, 0.5) is 0 Å². The van der Waals surface area contributed by atoms with Crippen molar-refractivity contribution in [3.8, 4) is 0 Å². The summed E-state index contributed by atoms with van der Waals surface area (Å²) in [5.41, 5.74) is 0. The fraction of sp³-hybridized carbons (Fsp3) is 0.900. The van der Waals surface area contributed by atoms with Gasteiger partial charge in [0, 0.05) is 6.04 Å². The molecule has 0 radical (unpaired) electrons. The Morgan fingerprint density at radius 2 is 2.08 bits per heavy atom. The van der Waals surface area contributed by atoms with E-state index in [0.717, 1.165) is 13.0 Å². The van der Waals surface area contributed by atoms with Gasteiger partial charge in [-0.1, -0.05) is 0 Å². The molecule has 1 saturated carbocycles. The van der Waals surface area contributed by atoms with Crippen molar-refractivity contribution >= 4 is 5.91 Å². The van der Waals surface area contributed by atoms with Gasteiger partial charge in [0.25, 0.3) is 0 Å². The molecule has 1 N–H and O–H groups in total. The van der Waals surface area contributed by atoms with Crippen LogP contribution in [0.15, 0.2) is 0 Å². The third kappa shape index (κ3) is 1.85. The highest BCUT2D eigenvalue weighted by Crippen LogP contribution is 2.20. The molecule has 1 amide bonds. The highest BCUT2D eigenvalue weighted by atomic mass is 16.2. The number of rotatable bonds is 2. The molecule has 1 heterocycles. The topological polar surface area (TPSA) is 32.3 Å². The average molecular weight is 182 g/mol. The van der Waals surface area contributed by atoms with Gasteiger partial charge in [0.15, 0.2) is 0 Å². The maximum Gasteiger partial charge on any atom is 0.237 e. The van der Waals surface area contributed by atoms with Gasteiger partial charge in [0.1, 0.15) is 0 Å². The lowest BCUT2D eigenvalue weighted by Crippen LogP contribution is -2.47. The summed E-state index contributed by atoms with van der Waals surface area (Å²) in [6.45, 7) is 1.07. The molecule has 1 unspecified atom stereocenters. The number of nitrogens with one attached hydrogen (secondary N) is 1. The minimum atomic E-state index is 0.153. The molecule has 1 aliphatic heterocycles. The summed E-state index contributed by atoms with van der Waals surface area (Å²) >= 11 is 0. The van der Waals surface area contributed by atoms with E-state index >= 15 is 0 Å². The third-order valence-corrected chi connectivity index (χ3v) is 3.27. The molecule has 1 aliphatic carbocycles. The zero-order valence-electron chi connectivity index (χ0n) is 8.25. The molecule has 2 aliphatic rings. The van der Waals surface area contributed by atoms with Crippen LogP contribution >= 0.6 is 0 Å². The molecule has 1 saturated heterocycles. The molecule has 3 heteroatoms. The number of carbonyl (C=O) groups excluding carboxylic acids is 1. The Bertz CT molecular complexity index is 201. The molecule has 2 fully saturated rings. The van der Waals surface area contributed by atoms with E-state index in [1.807, 2.05) is 7.05 Å². The molecule has 1 atom stereocenters. The number of amides is 1. The van der Waals surface area contributed by atoms with Crippen molar-refractivity contribution in [1.29, 1.82) is 0 Å². The second kappa shape index (κ2) is 3.66. The van der Waals surface area contributed by atoms with E-state index in [1.165, 1.54) is 25.7 Å². The number of hydrogen-bond donors (Lipinski definition) is 1. The Kier molecular flexibility index (Phi) is 2.54. The molecule has 0 aromatic rings. The van der Waals surface area contributed by atoms with Gasteiger partial charge in [-0.3, -0.25) is 9.69 Å². The predicted octanol–water partition coefficient (Wildman–Crippen LogP) is 0.749. The molecular weight excluding hydrogens is 164 g/mol. The lowest BCUT2D eigenvalue weighted by atomic mass is 9.93. The van der Waals surface area contributed by atoms with Gasteiger partial charge in [0.2, 0.25) is 5.91 Å². The largest absolute Gasteiger partial charge is 0.352 e. The maximum absolute atomic E-state index is 11.7. The monoisotopic (exact) mass is 182 g/mol. The van der Waals surface area contributed by atoms with Gasteiger partial charge in [-0.2, -0.15) is 0 Å². The molecule has 13 heavy (non-hydrogen) atoms. The minimum Gasteiger partial charge on any atom is -0.352 e. The Labute approximate surface area is 79.5 Å². The summed E-state index contributed by atoms with van der Waals surface area (Å²) in [5, 5.41) is 3.11. The Hall–Kier alpha value is -0.570. The first-order valence-electron chi connectivity index (χ1n) is 5.28. The van der Waals surface area contributed by atoms with Gasteiger partial charge in [-0.05, 0) is 45.7 Å².